The van der Waals surface area contributed by atoms with Gasteiger partial charge in [-0.2, -0.15) is 0 Å². The molecule has 0 aliphatic rings. The first kappa shape index (κ1) is 10.2. The van der Waals surface area contributed by atoms with Crippen LogP contribution in [0, 0.1) is 0 Å². The van der Waals surface area contributed by atoms with Gasteiger partial charge in [-0.3, -0.25) is 4.99 Å². The van der Waals surface area contributed by atoms with Crippen molar-refractivity contribution in [3.05, 3.63) is 24.4 Å². The quantitative estimate of drug-likeness (QED) is 0.546. The largest absolute Gasteiger partial charge is 0.259 e. The minimum absolute atomic E-state index is 0.858. The second kappa shape index (κ2) is 4.89. The summed E-state index contributed by atoms with van der Waals surface area (Å²) in [6.07, 6.45) is 2.11. The molecular formula is C10H17N. The van der Waals surface area contributed by atoms with Crippen LogP contribution in [0.15, 0.2) is 29.4 Å². The number of rotatable bonds is 4. The molecule has 0 aromatic heterocycles. The molecule has 0 atom stereocenters. The molecule has 0 bridgehead atoms. The fraction of sp³-hybridized carbons (Fsp3) is 0.500. The molecule has 0 radical (unpaired) electrons. The summed E-state index contributed by atoms with van der Waals surface area (Å²) in [6, 6.07) is 0. The lowest BCUT2D eigenvalue weighted by molar-refractivity contribution is 0.986. The summed E-state index contributed by atoms with van der Waals surface area (Å²) >= 11 is 0. The van der Waals surface area contributed by atoms with Gasteiger partial charge in [-0.25, -0.2) is 0 Å². The molecule has 0 N–H and O–H groups in total. The first-order valence-corrected chi connectivity index (χ1v) is 3.96. The third-order valence-electron chi connectivity index (χ3n) is 1.31. The molecule has 0 spiro atoms. The second-order valence-corrected chi connectivity index (χ2v) is 2.82. The Morgan fingerprint density at radius 2 is 1.82 bits per heavy atom. The zero-order chi connectivity index (χ0) is 8.85. The van der Waals surface area contributed by atoms with Gasteiger partial charge in [0.25, 0.3) is 0 Å². The topological polar surface area (TPSA) is 12.4 Å². The van der Waals surface area contributed by atoms with Crippen LogP contribution in [0.2, 0.25) is 0 Å². The van der Waals surface area contributed by atoms with E-state index in [9.17, 15) is 0 Å². The van der Waals surface area contributed by atoms with Gasteiger partial charge in [0.2, 0.25) is 0 Å². The molecular weight excluding hydrogens is 134 g/mol. The molecule has 62 valence electrons. The van der Waals surface area contributed by atoms with Crippen LogP contribution in [0.3, 0.4) is 0 Å². The average Bonchev–Trinajstić information content (AvgIpc) is 1.86. The number of hydrogen-bond acceptors (Lipinski definition) is 1. The van der Waals surface area contributed by atoms with Crippen molar-refractivity contribution < 1.29 is 0 Å². The van der Waals surface area contributed by atoms with Crippen molar-refractivity contribution in [2.24, 2.45) is 4.99 Å². The molecule has 1 heteroatoms. The van der Waals surface area contributed by atoms with Crippen molar-refractivity contribution in [3.8, 4) is 0 Å². The van der Waals surface area contributed by atoms with Crippen LogP contribution in [-0.2, 0) is 0 Å². The van der Waals surface area contributed by atoms with Crippen molar-refractivity contribution in [3.63, 3.8) is 0 Å². The molecule has 0 saturated carbocycles. The maximum absolute atomic E-state index is 4.29. The van der Waals surface area contributed by atoms with Crippen LogP contribution >= 0.6 is 0 Å². The van der Waals surface area contributed by atoms with Crippen molar-refractivity contribution in [2.45, 2.75) is 33.6 Å². The third kappa shape index (κ3) is 4.54. The summed E-state index contributed by atoms with van der Waals surface area (Å²) in [5, 5.41) is 0. The lowest BCUT2D eigenvalue weighted by Gasteiger charge is -2.02. The summed E-state index contributed by atoms with van der Waals surface area (Å²) in [6.45, 7) is 13.6. The van der Waals surface area contributed by atoms with E-state index in [2.05, 4.69) is 25.1 Å². The Labute approximate surface area is 69.5 Å². The number of allylic oxidation sites excluding steroid dienone is 2. The van der Waals surface area contributed by atoms with E-state index in [1.165, 1.54) is 0 Å². The fourth-order valence-electron chi connectivity index (χ4n) is 0.832. The summed E-state index contributed by atoms with van der Waals surface area (Å²) < 4.78 is 0. The Hall–Kier alpha value is -0.850. The predicted octanol–water partition coefficient (Wildman–Crippen LogP) is 3.34. The van der Waals surface area contributed by atoms with E-state index < -0.39 is 0 Å². The Balaban J connectivity index is 4.32. The van der Waals surface area contributed by atoms with Crippen LogP contribution in [0.1, 0.15) is 33.6 Å². The maximum atomic E-state index is 4.29. The molecule has 0 aliphatic carbocycles. The Morgan fingerprint density at radius 1 is 1.27 bits per heavy atom. The monoisotopic (exact) mass is 151 g/mol. The standard InChI is InChI=1S/C10H17N/c1-6-7-10(8(2)3)11-9(4)5/h2,4,6-7H2,1,3,5H3. The average molecular weight is 151 g/mol. The van der Waals surface area contributed by atoms with Gasteiger partial charge in [0, 0.05) is 11.4 Å². The molecule has 0 aliphatic heterocycles. The highest BCUT2D eigenvalue weighted by atomic mass is 14.7. The highest BCUT2D eigenvalue weighted by molar-refractivity contribution is 5.99. The minimum Gasteiger partial charge on any atom is -0.259 e. The molecule has 0 unspecified atom stereocenters. The second-order valence-electron chi connectivity index (χ2n) is 2.82. The lowest BCUT2D eigenvalue weighted by Crippen LogP contribution is -1.98. The smallest absolute Gasteiger partial charge is 0.0429 e. The van der Waals surface area contributed by atoms with Gasteiger partial charge < -0.3 is 0 Å². The summed E-state index contributed by atoms with van der Waals surface area (Å²) in [7, 11) is 0. The minimum atomic E-state index is 0.858. The first-order valence-electron chi connectivity index (χ1n) is 3.96. The summed E-state index contributed by atoms with van der Waals surface area (Å²) in [4.78, 5) is 4.29. The van der Waals surface area contributed by atoms with Crippen molar-refractivity contribution in [2.75, 3.05) is 0 Å². The van der Waals surface area contributed by atoms with E-state index in [-0.39, 0.29) is 0 Å². The predicted molar refractivity (Wildman–Crippen MR) is 52.0 cm³/mol. The Bertz CT molecular complexity index is 187. The molecule has 0 fully saturated rings. The number of nitrogens with zero attached hydrogens (tertiary/aromatic N) is 1. The normalized spacial score (nSPS) is 11.4. The maximum Gasteiger partial charge on any atom is 0.0429 e. The Morgan fingerprint density at radius 3 is 2.09 bits per heavy atom. The zero-order valence-electron chi connectivity index (χ0n) is 7.78. The van der Waals surface area contributed by atoms with Gasteiger partial charge in [0.05, 0.1) is 0 Å². The van der Waals surface area contributed by atoms with E-state index in [0.717, 1.165) is 29.8 Å². The van der Waals surface area contributed by atoms with E-state index in [0.29, 0.717) is 0 Å². The highest BCUT2D eigenvalue weighted by Crippen LogP contribution is 2.04. The van der Waals surface area contributed by atoms with E-state index in [1.54, 1.807) is 0 Å². The van der Waals surface area contributed by atoms with Gasteiger partial charge in [0.15, 0.2) is 0 Å². The number of hydrogen-bond donors (Lipinski definition) is 0. The molecule has 0 heterocycles. The third-order valence-corrected chi connectivity index (χ3v) is 1.31. The fourth-order valence-corrected chi connectivity index (χ4v) is 0.832. The summed E-state index contributed by atoms with van der Waals surface area (Å²) in [5.74, 6) is 0. The van der Waals surface area contributed by atoms with Crippen LogP contribution in [-0.4, -0.2) is 5.71 Å². The van der Waals surface area contributed by atoms with Gasteiger partial charge in [-0.15, -0.1) is 0 Å². The van der Waals surface area contributed by atoms with Crippen LogP contribution in [0.4, 0.5) is 0 Å². The molecule has 0 amide bonds. The first-order chi connectivity index (χ1) is 5.07. The van der Waals surface area contributed by atoms with E-state index in [4.69, 9.17) is 0 Å². The van der Waals surface area contributed by atoms with Gasteiger partial charge in [-0.1, -0.05) is 26.5 Å². The molecule has 0 aromatic rings. The van der Waals surface area contributed by atoms with Gasteiger partial charge in [0.1, 0.15) is 0 Å². The molecule has 0 aromatic carbocycles. The van der Waals surface area contributed by atoms with E-state index in [1.807, 2.05) is 13.8 Å². The van der Waals surface area contributed by atoms with Crippen LogP contribution in [0.5, 0.6) is 0 Å². The SMILES string of the molecule is C=C(C)N=C(CCC)C(=C)C. The highest BCUT2D eigenvalue weighted by Gasteiger charge is 1.97. The van der Waals surface area contributed by atoms with Crippen LogP contribution in [0.25, 0.3) is 0 Å². The molecule has 0 saturated heterocycles. The van der Waals surface area contributed by atoms with Crippen molar-refractivity contribution in [1.29, 1.82) is 0 Å². The molecule has 11 heavy (non-hydrogen) atoms. The van der Waals surface area contributed by atoms with Crippen molar-refractivity contribution in [1.82, 2.24) is 0 Å². The molecule has 1 nitrogen and oxygen atoms in total. The summed E-state index contributed by atoms with van der Waals surface area (Å²) in [5.41, 5.74) is 2.99. The van der Waals surface area contributed by atoms with Gasteiger partial charge in [-0.05, 0) is 25.8 Å². The van der Waals surface area contributed by atoms with E-state index >= 15 is 0 Å². The van der Waals surface area contributed by atoms with Crippen molar-refractivity contribution >= 4 is 5.71 Å². The van der Waals surface area contributed by atoms with Gasteiger partial charge >= 0.3 is 0 Å². The van der Waals surface area contributed by atoms with Crippen LogP contribution < -0.4 is 0 Å². The molecule has 0 rings (SSSR count). The lowest BCUT2D eigenvalue weighted by atomic mass is 10.1. The number of aliphatic imine (C=N–C) groups is 1. The Kier molecular flexibility index (Phi) is 4.51. The zero-order valence-corrected chi connectivity index (χ0v) is 7.78.